The van der Waals surface area contributed by atoms with Crippen LogP contribution in [-0.2, 0) is 4.79 Å². The topological polar surface area (TPSA) is 38.3 Å². The molecule has 5 heteroatoms. The van der Waals surface area contributed by atoms with E-state index in [9.17, 15) is 4.79 Å². The molecule has 0 heterocycles. The normalized spacial score (nSPS) is 11.8. The number of para-hydroxylation sites is 1. The first-order valence-corrected chi connectivity index (χ1v) is 7.21. The highest BCUT2D eigenvalue weighted by Gasteiger charge is 2.16. The van der Waals surface area contributed by atoms with Crippen LogP contribution >= 0.6 is 23.2 Å². The third-order valence-corrected chi connectivity index (χ3v) is 3.51. The zero-order valence-corrected chi connectivity index (χ0v) is 13.2. The average molecular weight is 324 g/mol. The number of carbonyl (C=O) groups is 1. The first-order chi connectivity index (χ1) is 9.97. The lowest BCUT2D eigenvalue weighted by Gasteiger charge is -2.16. The number of benzene rings is 2. The largest absolute Gasteiger partial charge is 0.481 e. The molecule has 2 aromatic rings. The molecule has 0 aliphatic rings. The van der Waals surface area contributed by atoms with Gasteiger partial charge in [-0.15, -0.1) is 0 Å². The van der Waals surface area contributed by atoms with E-state index in [1.54, 1.807) is 49.4 Å². The zero-order chi connectivity index (χ0) is 15.4. The van der Waals surface area contributed by atoms with Crippen molar-refractivity contribution in [2.45, 2.75) is 20.0 Å². The summed E-state index contributed by atoms with van der Waals surface area (Å²) in [5.74, 6) is 0.360. The van der Waals surface area contributed by atoms with E-state index in [0.29, 0.717) is 21.5 Å². The fourth-order valence-electron chi connectivity index (χ4n) is 1.79. The zero-order valence-electron chi connectivity index (χ0n) is 11.7. The SMILES string of the molecule is Cc1cc(Cl)ccc1OC(C)C(=O)Nc1ccccc1Cl. The Bertz CT molecular complexity index is 658. The van der Waals surface area contributed by atoms with Crippen molar-refractivity contribution in [3.63, 3.8) is 0 Å². The van der Waals surface area contributed by atoms with Crippen LogP contribution in [0.15, 0.2) is 42.5 Å². The van der Waals surface area contributed by atoms with Gasteiger partial charge in [0.25, 0.3) is 5.91 Å². The molecule has 1 atom stereocenters. The van der Waals surface area contributed by atoms with Crippen molar-refractivity contribution in [1.82, 2.24) is 0 Å². The molecule has 0 saturated heterocycles. The molecule has 1 amide bonds. The lowest BCUT2D eigenvalue weighted by atomic mass is 10.2. The van der Waals surface area contributed by atoms with E-state index in [0.717, 1.165) is 5.56 Å². The molecule has 2 rings (SSSR count). The summed E-state index contributed by atoms with van der Waals surface area (Å²) in [7, 11) is 0. The van der Waals surface area contributed by atoms with Gasteiger partial charge >= 0.3 is 0 Å². The van der Waals surface area contributed by atoms with Gasteiger partial charge in [-0.2, -0.15) is 0 Å². The number of nitrogens with one attached hydrogen (secondary N) is 1. The predicted octanol–water partition coefficient (Wildman–Crippen LogP) is 4.71. The quantitative estimate of drug-likeness (QED) is 0.885. The van der Waals surface area contributed by atoms with Crippen molar-refractivity contribution < 1.29 is 9.53 Å². The number of amides is 1. The highest BCUT2D eigenvalue weighted by molar-refractivity contribution is 6.33. The summed E-state index contributed by atoms with van der Waals surface area (Å²) in [6.45, 7) is 3.56. The summed E-state index contributed by atoms with van der Waals surface area (Å²) in [5, 5.41) is 3.86. The molecule has 0 fully saturated rings. The number of halogens is 2. The molecular weight excluding hydrogens is 309 g/mol. The average Bonchev–Trinajstić information content (AvgIpc) is 2.44. The standard InChI is InChI=1S/C16H15Cl2NO2/c1-10-9-12(17)7-8-15(10)21-11(2)16(20)19-14-6-4-3-5-13(14)18/h3-9,11H,1-2H3,(H,19,20). The van der Waals surface area contributed by atoms with Gasteiger partial charge in [0, 0.05) is 5.02 Å². The highest BCUT2D eigenvalue weighted by atomic mass is 35.5. The monoisotopic (exact) mass is 323 g/mol. The molecule has 1 unspecified atom stereocenters. The Kier molecular flexibility index (Phi) is 5.10. The van der Waals surface area contributed by atoms with Crippen molar-refractivity contribution in [3.8, 4) is 5.75 Å². The molecule has 0 spiro atoms. The van der Waals surface area contributed by atoms with Crippen LogP contribution < -0.4 is 10.1 Å². The molecule has 0 bridgehead atoms. The third kappa shape index (κ3) is 4.13. The van der Waals surface area contributed by atoms with E-state index in [1.165, 1.54) is 0 Å². The minimum absolute atomic E-state index is 0.266. The van der Waals surface area contributed by atoms with E-state index in [4.69, 9.17) is 27.9 Å². The van der Waals surface area contributed by atoms with Gasteiger partial charge < -0.3 is 10.1 Å². The Hall–Kier alpha value is -1.71. The summed E-state index contributed by atoms with van der Waals surface area (Å²) >= 11 is 11.9. The second kappa shape index (κ2) is 6.83. The summed E-state index contributed by atoms with van der Waals surface area (Å²) in [4.78, 5) is 12.1. The highest BCUT2D eigenvalue weighted by Crippen LogP contribution is 2.24. The fraction of sp³-hybridized carbons (Fsp3) is 0.188. The van der Waals surface area contributed by atoms with Crippen molar-refractivity contribution in [1.29, 1.82) is 0 Å². The Morgan fingerprint density at radius 2 is 1.90 bits per heavy atom. The second-order valence-electron chi connectivity index (χ2n) is 4.64. The first kappa shape index (κ1) is 15.7. The molecule has 21 heavy (non-hydrogen) atoms. The van der Waals surface area contributed by atoms with Crippen LogP contribution in [0.2, 0.25) is 10.0 Å². The molecule has 2 aromatic carbocycles. The van der Waals surface area contributed by atoms with Crippen LogP contribution in [0, 0.1) is 6.92 Å². The lowest BCUT2D eigenvalue weighted by molar-refractivity contribution is -0.122. The molecule has 0 aromatic heterocycles. The third-order valence-electron chi connectivity index (χ3n) is 2.94. The number of hydrogen-bond acceptors (Lipinski definition) is 2. The van der Waals surface area contributed by atoms with Crippen molar-refractivity contribution in [2.75, 3.05) is 5.32 Å². The maximum Gasteiger partial charge on any atom is 0.265 e. The van der Waals surface area contributed by atoms with Gasteiger partial charge in [-0.3, -0.25) is 4.79 Å². The Morgan fingerprint density at radius 1 is 1.19 bits per heavy atom. The minimum atomic E-state index is -0.652. The van der Waals surface area contributed by atoms with Crippen molar-refractivity contribution >= 4 is 34.8 Å². The summed E-state index contributed by atoms with van der Waals surface area (Å²) in [5.41, 5.74) is 1.44. The Morgan fingerprint density at radius 3 is 2.57 bits per heavy atom. The Labute approximate surface area is 133 Å². The van der Waals surface area contributed by atoms with Crippen LogP contribution in [0.25, 0.3) is 0 Å². The second-order valence-corrected chi connectivity index (χ2v) is 5.48. The van der Waals surface area contributed by atoms with E-state index >= 15 is 0 Å². The smallest absolute Gasteiger partial charge is 0.265 e. The van der Waals surface area contributed by atoms with Gasteiger partial charge in [0.15, 0.2) is 6.10 Å². The van der Waals surface area contributed by atoms with Gasteiger partial charge in [-0.1, -0.05) is 35.3 Å². The van der Waals surface area contributed by atoms with E-state index in [2.05, 4.69) is 5.32 Å². The molecular formula is C16H15Cl2NO2. The van der Waals surface area contributed by atoms with E-state index < -0.39 is 6.10 Å². The van der Waals surface area contributed by atoms with Gasteiger partial charge in [-0.05, 0) is 49.7 Å². The van der Waals surface area contributed by atoms with Crippen molar-refractivity contribution in [2.24, 2.45) is 0 Å². The molecule has 0 aliphatic heterocycles. The van der Waals surface area contributed by atoms with E-state index in [-0.39, 0.29) is 5.91 Å². The maximum absolute atomic E-state index is 12.1. The van der Waals surface area contributed by atoms with E-state index in [1.807, 2.05) is 6.92 Å². The fourth-order valence-corrected chi connectivity index (χ4v) is 2.20. The molecule has 3 nitrogen and oxygen atoms in total. The van der Waals surface area contributed by atoms with Crippen LogP contribution in [0.5, 0.6) is 5.75 Å². The molecule has 1 N–H and O–H groups in total. The van der Waals surface area contributed by atoms with Crippen LogP contribution in [0.1, 0.15) is 12.5 Å². The number of carbonyl (C=O) groups excluding carboxylic acids is 1. The maximum atomic E-state index is 12.1. The molecule has 110 valence electrons. The molecule has 0 saturated carbocycles. The van der Waals surface area contributed by atoms with Gasteiger partial charge in [-0.25, -0.2) is 0 Å². The van der Waals surface area contributed by atoms with Gasteiger partial charge in [0.1, 0.15) is 5.75 Å². The summed E-state index contributed by atoms with van der Waals surface area (Å²) < 4.78 is 5.66. The number of anilines is 1. The van der Waals surface area contributed by atoms with Crippen LogP contribution in [0.3, 0.4) is 0 Å². The lowest BCUT2D eigenvalue weighted by Crippen LogP contribution is -2.30. The minimum Gasteiger partial charge on any atom is -0.481 e. The number of aryl methyl sites for hydroxylation is 1. The van der Waals surface area contributed by atoms with Gasteiger partial charge in [0.05, 0.1) is 10.7 Å². The number of rotatable bonds is 4. The Balaban J connectivity index is 2.04. The molecule has 0 radical (unpaired) electrons. The summed E-state index contributed by atoms with van der Waals surface area (Å²) in [6, 6.07) is 12.3. The van der Waals surface area contributed by atoms with Gasteiger partial charge in [0.2, 0.25) is 0 Å². The number of ether oxygens (including phenoxy) is 1. The summed E-state index contributed by atoms with van der Waals surface area (Å²) in [6.07, 6.45) is -0.652. The van der Waals surface area contributed by atoms with Crippen molar-refractivity contribution in [3.05, 3.63) is 58.1 Å². The number of hydrogen-bond donors (Lipinski definition) is 1. The van der Waals surface area contributed by atoms with Crippen LogP contribution in [-0.4, -0.2) is 12.0 Å². The predicted molar refractivity (Wildman–Crippen MR) is 86.4 cm³/mol. The first-order valence-electron chi connectivity index (χ1n) is 6.45. The van der Waals surface area contributed by atoms with Crippen LogP contribution in [0.4, 0.5) is 5.69 Å². The molecule has 0 aliphatic carbocycles.